The van der Waals surface area contributed by atoms with Gasteiger partial charge in [0.2, 0.25) is 0 Å². The van der Waals surface area contributed by atoms with Gasteiger partial charge in [0.15, 0.2) is 11.5 Å². The molecule has 170 valence electrons. The average molecular weight is 437 g/mol. The Kier molecular flexibility index (Phi) is 8.27. The second-order valence-corrected chi connectivity index (χ2v) is 7.75. The number of benzene rings is 1. The molecule has 7 nitrogen and oxygen atoms in total. The number of fused-ring (bicyclic) bond motifs is 1. The Balaban J connectivity index is 1.55. The third kappa shape index (κ3) is 5.88. The van der Waals surface area contributed by atoms with Gasteiger partial charge in [0.1, 0.15) is 0 Å². The van der Waals surface area contributed by atoms with Crippen molar-refractivity contribution in [3.05, 3.63) is 66.9 Å². The van der Waals surface area contributed by atoms with E-state index in [0.29, 0.717) is 18.0 Å². The number of aromatic nitrogens is 1. The smallest absolute Gasteiger partial charge is 0.315 e. The van der Waals surface area contributed by atoms with E-state index in [9.17, 15) is 4.79 Å². The van der Waals surface area contributed by atoms with Gasteiger partial charge in [-0.3, -0.25) is 9.88 Å². The van der Waals surface area contributed by atoms with Gasteiger partial charge in [0.25, 0.3) is 0 Å². The van der Waals surface area contributed by atoms with Crippen LogP contribution in [0.3, 0.4) is 0 Å². The molecular formula is C25H32N4O3. The third-order valence-electron chi connectivity index (χ3n) is 5.70. The summed E-state index contributed by atoms with van der Waals surface area (Å²) in [5.41, 5.74) is 3.01. The van der Waals surface area contributed by atoms with Gasteiger partial charge in [0.05, 0.1) is 19.7 Å². The van der Waals surface area contributed by atoms with Crippen molar-refractivity contribution in [3.63, 3.8) is 0 Å². The van der Waals surface area contributed by atoms with Crippen LogP contribution in [0.5, 0.6) is 11.5 Å². The van der Waals surface area contributed by atoms with Gasteiger partial charge < -0.3 is 20.1 Å². The van der Waals surface area contributed by atoms with Crippen molar-refractivity contribution in [3.8, 4) is 11.5 Å². The zero-order chi connectivity index (χ0) is 22.9. The second kappa shape index (κ2) is 11.3. The molecule has 1 aromatic carbocycles. The lowest BCUT2D eigenvalue weighted by Crippen LogP contribution is -2.48. The molecule has 0 saturated carbocycles. The van der Waals surface area contributed by atoms with Gasteiger partial charge in [-0.05, 0) is 36.1 Å². The minimum atomic E-state index is -0.151. The summed E-state index contributed by atoms with van der Waals surface area (Å²) >= 11 is 0. The van der Waals surface area contributed by atoms with Gasteiger partial charge in [-0.2, -0.15) is 0 Å². The summed E-state index contributed by atoms with van der Waals surface area (Å²) < 4.78 is 10.9. The molecule has 1 aliphatic rings. The highest BCUT2D eigenvalue weighted by atomic mass is 16.5. The summed E-state index contributed by atoms with van der Waals surface area (Å²) in [4.78, 5) is 19.1. The SMILES string of the molecule is C=C/C=C(\C=C)CNC(=O)NC1CCN(Cc2ccnc3cc(OC)c(OC)cc23)CC1. The summed E-state index contributed by atoms with van der Waals surface area (Å²) in [6, 6.07) is 5.98. The molecule has 0 bridgehead atoms. The minimum Gasteiger partial charge on any atom is -0.493 e. The first-order chi connectivity index (χ1) is 15.6. The summed E-state index contributed by atoms with van der Waals surface area (Å²) in [5.74, 6) is 1.38. The van der Waals surface area contributed by atoms with Crippen molar-refractivity contribution < 1.29 is 14.3 Å². The number of ether oxygens (including phenoxy) is 2. The van der Waals surface area contributed by atoms with E-state index < -0.39 is 0 Å². The first-order valence-electron chi connectivity index (χ1n) is 10.8. The molecule has 32 heavy (non-hydrogen) atoms. The fourth-order valence-corrected chi connectivity index (χ4v) is 3.91. The maximum atomic E-state index is 12.2. The van der Waals surface area contributed by atoms with Crippen LogP contribution in [-0.2, 0) is 6.54 Å². The molecule has 1 saturated heterocycles. The number of nitrogens with zero attached hydrogens (tertiary/aromatic N) is 2. The van der Waals surface area contributed by atoms with Crippen LogP contribution in [0.2, 0.25) is 0 Å². The number of methoxy groups -OCH3 is 2. The number of hydrogen-bond donors (Lipinski definition) is 2. The van der Waals surface area contributed by atoms with Crippen molar-refractivity contribution in [1.29, 1.82) is 0 Å². The zero-order valence-corrected chi connectivity index (χ0v) is 18.9. The van der Waals surface area contributed by atoms with E-state index in [1.54, 1.807) is 26.4 Å². The molecule has 0 atom stereocenters. The molecule has 1 aromatic heterocycles. The van der Waals surface area contributed by atoms with Crippen LogP contribution in [0, 0.1) is 0 Å². The van der Waals surface area contributed by atoms with Gasteiger partial charge in [0, 0.05) is 49.9 Å². The highest BCUT2D eigenvalue weighted by Gasteiger charge is 2.21. The Labute approximate surface area is 189 Å². The van der Waals surface area contributed by atoms with Crippen LogP contribution in [0.25, 0.3) is 10.9 Å². The van der Waals surface area contributed by atoms with Crippen LogP contribution < -0.4 is 20.1 Å². The highest BCUT2D eigenvalue weighted by Crippen LogP contribution is 2.33. The monoisotopic (exact) mass is 436 g/mol. The Bertz CT molecular complexity index is 994. The van der Waals surface area contributed by atoms with E-state index in [1.807, 2.05) is 24.4 Å². The van der Waals surface area contributed by atoms with Gasteiger partial charge >= 0.3 is 6.03 Å². The normalized spacial score (nSPS) is 15.2. The molecule has 0 aliphatic carbocycles. The first-order valence-corrected chi connectivity index (χ1v) is 10.8. The van der Waals surface area contributed by atoms with Gasteiger partial charge in [-0.25, -0.2) is 4.79 Å². The number of hydrogen-bond acceptors (Lipinski definition) is 5. The molecule has 0 radical (unpaired) electrons. The van der Waals surface area contributed by atoms with Crippen LogP contribution in [0.15, 0.2) is 61.4 Å². The molecule has 1 aliphatic heterocycles. The molecule has 3 rings (SSSR count). The number of allylic oxidation sites excluding steroid dienone is 2. The molecule has 1 fully saturated rings. The molecule has 2 heterocycles. The molecule has 2 amide bonds. The summed E-state index contributed by atoms with van der Waals surface area (Å²) in [5, 5.41) is 7.02. The van der Waals surface area contributed by atoms with E-state index in [2.05, 4.69) is 39.7 Å². The highest BCUT2D eigenvalue weighted by molar-refractivity contribution is 5.85. The number of nitrogens with one attached hydrogen (secondary N) is 2. The van der Waals surface area contributed by atoms with Crippen molar-refractivity contribution in [1.82, 2.24) is 20.5 Å². The third-order valence-corrected chi connectivity index (χ3v) is 5.70. The van der Waals surface area contributed by atoms with Crippen LogP contribution >= 0.6 is 0 Å². The zero-order valence-electron chi connectivity index (χ0n) is 18.9. The lowest BCUT2D eigenvalue weighted by atomic mass is 10.0. The lowest BCUT2D eigenvalue weighted by molar-refractivity contribution is 0.187. The Morgan fingerprint density at radius 3 is 2.59 bits per heavy atom. The van der Waals surface area contributed by atoms with Crippen molar-refractivity contribution in [2.75, 3.05) is 33.9 Å². The van der Waals surface area contributed by atoms with Crippen LogP contribution in [0.1, 0.15) is 18.4 Å². The van der Waals surface area contributed by atoms with Crippen molar-refractivity contribution >= 4 is 16.9 Å². The Morgan fingerprint density at radius 1 is 1.22 bits per heavy atom. The van der Waals surface area contributed by atoms with E-state index in [1.165, 1.54) is 5.56 Å². The molecule has 0 unspecified atom stereocenters. The number of urea groups is 1. The number of piperidine rings is 1. The standard InChI is InChI=1S/C25H32N4O3/c1-5-7-18(6-2)16-27-25(30)28-20-9-12-29(13-10-20)17-19-8-11-26-22-15-24(32-4)23(31-3)14-21(19)22/h5-8,11,14-15,20H,1-2,9-10,12-13,16-17H2,3-4H3,(H2,27,28,30)/b18-7+. The van der Waals surface area contributed by atoms with E-state index in [-0.39, 0.29) is 12.1 Å². The number of amides is 2. The maximum absolute atomic E-state index is 12.2. The van der Waals surface area contributed by atoms with Crippen LogP contribution in [-0.4, -0.2) is 55.8 Å². The lowest BCUT2D eigenvalue weighted by Gasteiger charge is -2.32. The first kappa shape index (κ1) is 23.3. The predicted molar refractivity (Wildman–Crippen MR) is 128 cm³/mol. The number of carbonyl (C=O) groups is 1. The topological polar surface area (TPSA) is 75.7 Å². The van der Waals surface area contributed by atoms with E-state index in [4.69, 9.17) is 9.47 Å². The molecule has 7 heteroatoms. The number of likely N-dealkylation sites (tertiary alicyclic amines) is 1. The summed E-state index contributed by atoms with van der Waals surface area (Å²) in [6.45, 7) is 10.5. The minimum absolute atomic E-state index is 0.151. The van der Waals surface area contributed by atoms with E-state index >= 15 is 0 Å². The fourth-order valence-electron chi connectivity index (χ4n) is 3.91. The van der Waals surface area contributed by atoms with E-state index in [0.717, 1.165) is 49.0 Å². The van der Waals surface area contributed by atoms with Gasteiger partial charge in [-0.15, -0.1) is 0 Å². The summed E-state index contributed by atoms with van der Waals surface area (Å²) in [7, 11) is 3.27. The molecular weight excluding hydrogens is 404 g/mol. The Hall–Kier alpha value is -3.32. The molecule has 2 N–H and O–H groups in total. The molecule has 0 spiro atoms. The summed E-state index contributed by atoms with van der Waals surface area (Å²) in [6.07, 6.45) is 8.88. The number of pyridine rings is 1. The molecule has 2 aromatic rings. The number of rotatable bonds is 9. The van der Waals surface area contributed by atoms with Crippen LogP contribution in [0.4, 0.5) is 4.79 Å². The largest absolute Gasteiger partial charge is 0.493 e. The average Bonchev–Trinajstić information content (AvgIpc) is 2.82. The van der Waals surface area contributed by atoms with Gasteiger partial charge in [-0.1, -0.05) is 31.4 Å². The van der Waals surface area contributed by atoms with Crippen molar-refractivity contribution in [2.45, 2.75) is 25.4 Å². The number of carbonyl (C=O) groups excluding carboxylic acids is 1. The quantitative estimate of drug-likeness (QED) is 0.585. The predicted octanol–water partition coefficient (Wildman–Crippen LogP) is 3.81. The second-order valence-electron chi connectivity index (χ2n) is 7.75. The maximum Gasteiger partial charge on any atom is 0.315 e. The fraction of sp³-hybridized carbons (Fsp3) is 0.360. The Morgan fingerprint density at radius 2 is 1.94 bits per heavy atom. The van der Waals surface area contributed by atoms with Crippen molar-refractivity contribution in [2.24, 2.45) is 0 Å².